The Morgan fingerprint density at radius 3 is 2.27 bits per heavy atom. The average molecular weight is 608 g/mol. The Bertz CT molecular complexity index is 1680. The van der Waals surface area contributed by atoms with Crippen LogP contribution in [0.3, 0.4) is 0 Å². The quantitative estimate of drug-likeness (QED) is 0.150. The highest BCUT2D eigenvalue weighted by Crippen LogP contribution is 2.26. The van der Waals surface area contributed by atoms with Gasteiger partial charge >= 0.3 is 18.1 Å². The number of carbonyl (C=O) groups excluding carboxylic acids is 2. The van der Waals surface area contributed by atoms with E-state index in [2.05, 4.69) is 10.1 Å². The van der Waals surface area contributed by atoms with Gasteiger partial charge in [0.25, 0.3) is 5.56 Å². The van der Waals surface area contributed by atoms with E-state index in [9.17, 15) is 27.6 Å². The monoisotopic (exact) mass is 607 g/mol. The summed E-state index contributed by atoms with van der Waals surface area (Å²) >= 11 is 0. The first-order valence-electron chi connectivity index (χ1n) is 14.1. The van der Waals surface area contributed by atoms with Crippen LogP contribution in [-0.2, 0) is 20.8 Å². The summed E-state index contributed by atoms with van der Waals surface area (Å²) in [5.74, 6) is -3.60. The topological polar surface area (TPSA) is 109 Å². The molecule has 4 aromatic rings. The Hall–Kier alpha value is -5.13. The molecule has 44 heavy (non-hydrogen) atoms. The molecule has 230 valence electrons. The van der Waals surface area contributed by atoms with Gasteiger partial charge < -0.3 is 10.2 Å². The van der Waals surface area contributed by atoms with Gasteiger partial charge in [-0.1, -0.05) is 50.2 Å². The number of halogens is 3. The van der Waals surface area contributed by atoms with Gasteiger partial charge in [-0.2, -0.15) is 13.2 Å². The van der Waals surface area contributed by atoms with Crippen LogP contribution in [0.2, 0.25) is 0 Å². The lowest BCUT2D eigenvalue weighted by Crippen LogP contribution is -2.30. The van der Waals surface area contributed by atoms with E-state index in [0.29, 0.717) is 24.3 Å². The number of aliphatic imine (C=N–C) groups is 1. The first-order valence-corrected chi connectivity index (χ1v) is 14.1. The second kappa shape index (κ2) is 13.9. The molecule has 1 amide bonds. The third-order valence-corrected chi connectivity index (χ3v) is 6.87. The van der Waals surface area contributed by atoms with Crippen LogP contribution in [-0.4, -0.2) is 40.6 Å². The molecule has 4 rings (SSSR count). The van der Waals surface area contributed by atoms with Gasteiger partial charge in [-0.05, 0) is 67.8 Å². The van der Waals surface area contributed by atoms with Gasteiger partial charge in [0.05, 0.1) is 34.9 Å². The van der Waals surface area contributed by atoms with Gasteiger partial charge in [0.2, 0.25) is 0 Å². The van der Waals surface area contributed by atoms with Crippen LogP contribution < -0.4 is 15.9 Å². The number of alkyl halides is 3. The first kappa shape index (κ1) is 31.8. The van der Waals surface area contributed by atoms with Crippen LogP contribution in [0.15, 0.2) is 88.6 Å². The van der Waals surface area contributed by atoms with Gasteiger partial charge in [0.1, 0.15) is 5.92 Å². The number of nitrogens with one attached hydrogen (secondary N) is 2. The summed E-state index contributed by atoms with van der Waals surface area (Å²) in [5.41, 5.74) is 2.31. The number of aryl methyl sites for hydroxylation is 1. The van der Waals surface area contributed by atoms with Crippen LogP contribution in [0, 0.1) is 0 Å². The van der Waals surface area contributed by atoms with Crippen molar-refractivity contribution in [1.29, 1.82) is 0 Å². The number of amides is 1. The molecule has 0 saturated heterocycles. The lowest BCUT2D eigenvalue weighted by atomic mass is 9.99. The summed E-state index contributed by atoms with van der Waals surface area (Å²) in [5, 5.41) is 6.23. The van der Waals surface area contributed by atoms with Crippen molar-refractivity contribution in [3.05, 3.63) is 106 Å². The number of aromatic nitrogens is 2. The molecule has 0 saturated carbocycles. The summed E-state index contributed by atoms with van der Waals surface area (Å²) in [6.45, 7) is 5.98. The normalized spacial score (nSPS) is 12.2. The summed E-state index contributed by atoms with van der Waals surface area (Å²) in [4.78, 5) is 49.0. The zero-order valence-electron chi connectivity index (χ0n) is 24.4. The van der Waals surface area contributed by atoms with Crippen molar-refractivity contribution in [1.82, 2.24) is 9.78 Å². The molecule has 1 unspecified atom stereocenters. The predicted molar refractivity (Wildman–Crippen MR) is 163 cm³/mol. The Morgan fingerprint density at radius 1 is 1.00 bits per heavy atom. The molecule has 12 heteroatoms. The minimum absolute atomic E-state index is 0.107. The number of hydrogen-bond donors (Lipinski definition) is 2. The van der Waals surface area contributed by atoms with Crippen molar-refractivity contribution < 1.29 is 27.6 Å². The number of hydrogen-bond acceptors (Lipinski definition) is 6. The van der Waals surface area contributed by atoms with Gasteiger partial charge in [0, 0.05) is 11.9 Å². The maximum Gasteiger partial charge on any atom is 0.471 e. The fraction of sp³-hybridized carbons (Fsp3) is 0.250. The van der Waals surface area contributed by atoms with E-state index >= 15 is 0 Å². The van der Waals surface area contributed by atoms with E-state index in [1.165, 1.54) is 40.2 Å². The highest BCUT2D eigenvalue weighted by molar-refractivity contribution is 5.95. The van der Waals surface area contributed by atoms with E-state index in [4.69, 9.17) is 4.84 Å². The van der Waals surface area contributed by atoms with Crippen molar-refractivity contribution in [2.45, 2.75) is 45.7 Å². The summed E-state index contributed by atoms with van der Waals surface area (Å²) in [6, 6.07) is 21.8. The Kier molecular flexibility index (Phi) is 10.0. The van der Waals surface area contributed by atoms with Crippen LogP contribution in [0.5, 0.6) is 0 Å². The van der Waals surface area contributed by atoms with Crippen molar-refractivity contribution in [3.63, 3.8) is 0 Å². The third-order valence-electron chi connectivity index (χ3n) is 6.87. The predicted octanol–water partition coefficient (Wildman–Crippen LogP) is 6.46. The molecule has 0 fully saturated rings. The fourth-order valence-corrected chi connectivity index (χ4v) is 4.56. The Morgan fingerprint density at radius 2 is 1.66 bits per heavy atom. The molecule has 9 nitrogen and oxygen atoms in total. The molecule has 0 aliphatic rings. The zero-order valence-corrected chi connectivity index (χ0v) is 24.4. The summed E-state index contributed by atoms with van der Waals surface area (Å²) < 4.78 is 39.2. The Balaban J connectivity index is 1.74. The van der Waals surface area contributed by atoms with E-state index in [-0.39, 0.29) is 29.1 Å². The second-order valence-electron chi connectivity index (χ2n) is 9.72. The van der Waals surface area contributed by atoms with Crippen molar-refractivity contribution in [3.8, 4) is 5.69 Å². The maximum atomic E-state index is 13.8. The number of nitrogens with zero attached hydrogens (tertiary/aromatic N) is 3. The van der Waals surface area contributed by atoms with Crippen molar-refractivity contribution in [2.75, 3.05) is 16.9 Å². The molecule has 1 heterocycles. The van der Waals surface area contributed by atoms with Crippen LogP contribution in [0.4, 0.5) is 30.2 Å². The van der Waals surface area contributed by atoms with E-state index in [1.807, 2.05) is 56.3 Å². The number of benzene rings is 3. The van der Waals surface area contributed by atoms with E-state index in [0.717, 1.165) is 5.56 Å². The largest absolute Gasteiger partial charge is 0.471 e. The van der Waals surface area contributed by atoms with Crippen molar-refractivity contribution >= 4 is 35.2 Å². The zero-order chi connectivity index (χ0) is 31.9. The highest BCUT2D eigenvalue weighted by atomic mass is 19.4. The minimum Gasteiger partial charge on any atom is -0.340 e. The molecule has 0 spiro atoms. The van der Waals surface area contributed by atoms with Crippen molar-refractivity contribution in [2.24, 2.45) is 4.99 Å². The van der Waals surface area contributed by atoms with Gasteiger partial charge in [0.15, 0.2) is 0 Å². The van der Waals surface area contributed by atoms with Gasteiger partial charge in [-0.15, -0.1) is 0 Å². The maximum absolute atomic E-state index is 13.8. The molecule has 1 aromatic heterocycles. The molecule has 0 bridgehead atoms. The molecule has 0 aliphatic heterocycles. The van der Waals surface area contributed by atoms with Crippen LogP contribution in [0.25, 0.3) is 5.69 Å². The molecule has 2 N–H and O–H groups in total. The smallest absolute Gasteiger partial charge is 0.340 e. The lowest BCUT2D eigenvalue weighted by Gasteiger charge is -2.24. The molecule has 3 aromatic carbocycles. The molecule has 1 atom stereocenters. The summed E-state index contributed by atoms with van der Waals surface area (Å²) in [6.07, 6.45) is -2.65. The van der Waals surface area contributed by atoms with E-state index < -0.39 is 29.5 Å². The standard InChI is InChI=1S/C32H32F3N5O4/c1-4-21-12-10-11-15-27(21)36-20-26-28(25(5-2)30(42)44-39(6-3)23-13-8-7-9-14-23)38-40(29(26)41)24-18-16-22(17-19-24)37-31(43)32(33,34)35/h7-20,25,38H,4-6H2,1-3H3,(H,37,43). The molecular formula is C32H32F3N5O4. The number of hydroxylamine groups is 1. The van der Waals surface area contributed by atoms with Gasteiger partial charge in [-0.3, -0.25) is 19.7 Å². The number of para-hydroxylation sites is 2. The number of rotatable bonds is 11. The fourth-order valence-electron chi connectivity index (χ4n) is 4.56. The SMILES string of the molecule is CCc1ccccc1N=Cc1c(C(CC)C(=O)ON(CC)c2ccccc2)[nH]n(-c2ccc(NC(=O)C(F)(F)F)cc2)c1=O. The number of aromatic amines is 1. The first-order chi connectivity index (χ1) is 21.1. The number of H-pyrrole nitrogens is 1. The third kappa shape index (κ3) is 7.25. The Labute approximate surface area is 251 Å². The van der Waals surface area contributed by atoms with Crippen LogP contribution >= 0.6 is 0 Å². The second-order valence-corrected chi connectivity index (χ2v) is 9.72. The molecular weight excluding hydrogens is 575 g/mol. The molecule has 0 radical (unpaired) electrons. The number of carbonyl (C=O) groups is 2. The van der Waals surface area contributed by atoms with Crippen LogP contribution in [0.1, 0.15) is 49.9 Å². The minimum atomic E-state index is -5.05. The van der Waals surface area contributed by atoms with E-state index in [1.54, 1.807) is 24.4 Å². The van der Waals surface area contributed by atoms with Gasteiger partial charge in [-0.25, -0.2) is 14.5 Å². The molecule has 0 aliphatic carbocycles. The summed E-state index contributed by atoms with van der Waals surface area (Å²) in [7, 11) is 0. The lowest BCUT2D eigenvalue weighted by molar-refractivity contribution is -0.167. The average Bonchev–Trinajstić information content (AvgIpc) is 3.34. The number of anilines is 2. The highest BCUT2D eigenvalue weighted by Gasteiger charge is 2.38.